The molecule has 4 saturated carbocycles. The molecular weight excluding hydrogens is 476 g/mol. The van der Waals surface area contributed by atoms with Gasteiger partial charge in [0.2, 0.25) is 0 Å². The predicted octanol–water partition coefficient (Wildman–Crippen LogP) is 6.04. The van der Waals surface area contributed by atoms with Crippen molar-refractivity contribution in [3.63, 3.8) is 0 Å². The van der Waals surface area contributed by atoms with Gasteiger partial charge >= 0.3 is 0 Å². The van der Waals surface area contributed by atoms with Gasteiger partial charge in [0.15, 0.2) is 5.78 Å². The van der Waals surface area contributed by atoms with E-state index in [-0.39, 0.29) is 11.3 Å². The lowest BCUT2D eigenvalue weighted by atomic mass is 9.42. The number of ketones is 1. The largest absolute Gasteiger partial charge is 0.497 e. The Labute approximate surface area is 227 Å². The van der Waals surface area contributed by atoms with Gasteiger partial charge in [-0.3, -0.25) is 9.48 Å². The molecule has 6 nitrogen and oxygen atoms in total. The van der Waals surface area contributed by atoms with Crippen LogP contribution in [0, 0.1) is 40.4 Å². The van der Waals surface area contributed by atoms with Crippen LogP contribution in [0.4, 0.5) is 0 Å². The minimum atomic E-state index is -0.523. The lowest BCUT2D eigenvalue weighted by Gasteiger charge is -2.63. The van der Waals surface area contributed by atoms with E-state index in [2.05, 4.69) is 6.92 Å². The predicted molar refractivity (Wildman–Crippen MR) is 148 cm³/mol. The summed E-state index contributed by atoms with van der Waals surface area (Å²) in [4.78, 5) is 13.8. The highest BCUT2D eigenvalue weighted by Crippen LogP contribution is 2.69. The van der Waals surface area contributed by atoms with Gasteiger partial charge in [-0.2, -0.15) is 5.10 Å². The Morgan fingerprint density at radius 1 is 1.08 bits per heavy atom. The maximum Gasteiger partial charge on any atom is 0.157 e. The highest BCUT2D eigenvalue weighted by atomic mass is 16.5. The number of methoxy groups -OCH3 is 2. The average molecular weight is 523 g/mol. The Morgan fingerprint density at radius 2 is 1.92 bits per heavy atom. The highest BCUT2D eigenvalue weighted by Gasteiger charge is 2.62. The average Bonchev–Trinajstić information content (AvgIpc) is 3.46. The van der Waals surface area contributed by atoms with Gasteiger partial charge in [-0.25, -0.2) is 0 Å². The van der Waals surface area contributed by atoms with Crippen molar-refractivity contribution in [2.75, 3.05) is 20.8 Å². The molecule has 0 spiro atoms. The number of Topliss-reactive ketones (excluding diaryl/α,β-unsaturated/α-hetero) is 1. The van der Waals surface area contributed by atoms with Crippen LogP contribution in [0.15, 0.2) is 24.4 Å². The Morgan fingerprint density at radius 3 is 2.71 bits per heavy atom. The molecule has 1 heterocycles. The number of hydrogen-bond acceptors (Lipinski definition) is 5. The number of rotatable bonds is 7. The second-order valence-electron chi connectivity index (χ2n) is 13.7. The van der Waals surface area contributed by atoms with Crippen molar-refractivity contribution in [1.82, 2.24) is 9.78 Å². The van der Waals surface area contributed by atoms with Crippen LogP contribution in [0.5, 0.6) is 5.75 Å². The Kier molecular flexibility index (Phi) is 6.66. The summed E-state index contributed by atoms with van der Waals surface area (Å²) < 4.78 is 12.8. The van der Waals surface area contributed by atoms with E-state index in [1.54, 1.807) is 7.11 Å². The van der Waals surface area contributed by atoms with Gasteiger partial charge in [-0.05, 0) is 118 Å². The van der Waals surface area contributed by atoms with Gasteiger partial charge in [0.25, 0.3) is 0 Å². The van der Waals surface area contributed by atoms with Crippen LogP contribution in [0.3, 0.4) is 0 Å². The van der Waals surface area contributed by atoms with Crippen molar-refractivity contribution in [3.8, 4) is 5.75 Å². The molecule has 0 unspecified atom stereocenters. The molecule has 208 valence electrons. The summed E-state index contributed by atoms with van der Waals surface area (Å²) in [5, 5.41) is 16.7. The minimum Gasteiger partial charge on any atom is -0.497 e. The fraction of sp³-hybridized carbons (Fsp3) is 0.750. The second kappa shape index (κ2) is 9.62. The Bertz CT molecular complexity index is 1190. The standard InChI is InChI=1S/C32H46N2O4/c1-30(36)13-14-32(15-16-37-3)22(18-30)6-8-24-25-9-10-27(31(25,2)12-11-26(24)32)29(35)20-34-19-21-5-7-23(38-4)17-28(21)33-34/h5,7,17,19,22,24-27,36H,6,8-16,18,20H2,1-4H3/t22-,24-,25-,26-,27+,30+,31-,32+/m0/s1. The van der Waals surface area contributed by atoms with E-state index < -0.39 is 5.60 Å². The third kappa shape index (κ3) is 4.21. The molecule has 0 amide bonds. The first kappa shape index (κ1) is 26.3. The Balaban J connectivity index is 1.21. The molecule has 0 saturated heterocycles. The molecule has 4 aliphatic rings. The van der Waals surface area contributed by atoms with Crippen LogP contribution in [0.1, 0.15) is 78.1 Å². The molecule has 1 N–H and O–H groups in total. The molecule has 6 heteroatoms. The van der Waals surface area contributed by atoms with Crippen LogP contribution in [0.25, 0.3) is 10.9 Å². The number of fused-ring (bicyclic) bond motifs is 6. The molecular formula is C32H46N2O4. The number of carbonyl (C=O) groups excluding carboxylic acids is 1. The van der Waals surface area contributed by atoms with Gasteiger partial charge in [0, 0.05) is 37.3 Å². The molecule has 1 aromatic carbocycles. The first-order valence-corrected chi connectivity index (χ1v) is 14.9. The zero-order chi connectivity index (χ0) is 26.7. The Hall–Kier alpha value is -1.92. The smallest absolute Gasteiger partial charge is 0.157 e. The van der Waals surface area contributed by atoms with Crippen LogP contribution in [-0.2, 0) is 16.1 Å². The lowest BCUT2D eigenvalue weighted by Crippen LogP contribution is -2.57. The maximum absolute atomic E-state index is 13.8. The van der Waals surface area contributed by atoms with E-state index in [0.29, 0.717) is 41.4 Å². The van der Waals surface area contributed by atoms with Crippen molar-refractivity contribution in [2.24, 2.45) is 40.4 Å². The van der Waals surface area contributed by atoms with E-state index in [0.717, 1.165) is 61.8 Å². The summed E-state index contributed by atoms with van der Waals surface area (Å²) >= 11 is 0. The highest BCUT2D eigenvalue weighted by molar-refractivity contribution is 5.84. The third-order valence-electron chi connectivity index (χ3n) is 11.9. The van der Waals surface area contributed by atoms with Gasteiger partial charge in [-0.1, -0.05) is 6.92 Å². The van der Waals surface area contributed by atoms with E-state index in [1.807, 2.05) is 43.1 Å². The molecule has 8 atom stereocenters. The normalized spacial score (nSPS) is 40.4. The number of nitrogens with zero attached hydrogens (tertiary/aromatic N) is 2. The number of carbonyl (C=O) groups is 1. The van der Waals surface area contributed by atoms with Crippen molar-refractivity contribution in [1.29, 1.82) is 0 Å². The second-order valence-corrected chi connectivity index (χ2v) is 13.7. The summed E-state index contributed by atoms with van der Waals surface area (Å²) in [5.41, 5.74) is 0.729. The quantitative estimate of drug-likeness (QED) is 0.480. The van der Waals surface area contributed by atoms with Crippen molar-refractivity contribution >= 4 is 16.7 Å². The molecule has 1 aromatic heterocycles. The summed E-state index contributed by atoms with van der Waals surface area (Å²) in [6.45, 7) is 5.65. The summed E-state index contributed by atoms with van der Waals surface area (Å²) in [5.74, 6) is 3.88. The zero-order valence-electron chi connectivity index (χ0n) is 23.7. The van der Waals surface area contributed by atoms with Crippen LogP contribution >= 0.6 is 0 Å². The maximum atomic E-state index is 13.8. The van der Waals surface area contributed by atoms with Gasteiger partial charge in [0.1, 0.15) is 5.75 Å². The molecule has 38 heavy (non-hydrogen) atoms. The van der Waals surface area contributed by atoms with Crippen LogP contribution in [0.2, 0.25) is 0 Å². The van der Waals surface area contributed by atoms with E-state index in [1.165, 1.54) is 25.7 Å². The molecule has 0 radical (unpaired) electrons. The number of hydrogen-bond donors (Lipinski definition) is 1. The molecule has 4 fully saturated rings. The number of aromatic nitrogens is 2. The van der Waals surface area contributed by atoms with Crippen LogP contribution in [-0.4, -0.2) is 47.1 Å². The van der Waals surface area contributed by atoms with Crippen molar-refractivity contribution in [3.05, 3.63) is 24.4 Å². The molecule has 6 rings (SSSR count). The zero-order valence-corrected chi connectivity index (χ0v) is 23.7. The fourth-order valence-electron chi connectivity index (χ4n) is 10.1. The number of benzene rings is 1. The number of ether oxygens (including phenoxy) is 2. The molecule has 0 bridgehead atoms. The monoisotopic (exact) mass is 522 g/mol. The summed E-state index contributed by atoms with van der Waals surface area (Å²) in [7, 11) is 3.49. The first-order chi connectivity index (χ1) is 18.2. The van der Waals surface area contributed by atoms with E-state index >= 15 is 0 Å². The first-order valence-electron chi connectivity index (χ1n) is 14.9. The third-order valence-corrected chi connectivity index (χ3v) is 11.9. The lowest BCUT2D eigenvalue weighted by molar-refractivity contribution is -0.163. The van der Waals surface area contributed by atoms with Gasteiger partial charge < -0.3 is 14.6 Å². The van der Waals surface area contributed by atoms with E-state index in [9.17, 15) is 9.90 Å². The fourth-order valence-corrected chi connectivity index (χ4v) is 10.1. The van der Waals surface area contributed by atoms with Gasteiger partial charge in [0.05, 0.1) is 24.8 Å². The molecule has 0 aliphatic heterocycles. The minimum absolute atomic E-state index is 0.0868. The summed E-state index contributed by atoms with van der Waals surface area (Å²) in [6, 6.07) is 5.89. The van der Waals surface area contributed by atoms with Gasteiger partial charge in [-0.15, -0.1) is 0 Å². The SMILES string of the molecule is COCC[C@]12CC[C@@](C)(O)C[C@@H]1CC[C@H]1[C@@H]3CC[C@H](C(=O)Cn4cc5ccc(OC)cc5n4)[C@@]3(C)CC[C@@H]12. The summed E-state index contributed by atoms with van der Waals surface area (Å²) in [6.07, 6.45) is 13.1. The molecule has 4 aliphatic carbocycles. The van der Waals surface area contributed by atoms with E-state index in [4.69, 9.17) is 14.6 Å². The van der Waals surface area contributed by atoms with Crippen molar-refractivity contribution < 1.29 is 19.4 Å². The van der Waals surface area contributed by atoms with Crippen molar-refractivity contribution in [2.45, 2.75) is 90.2 Å². The molecule has 2 aromatic rings. The number of aliphatic hydroxyl groups is 1. The van der Waals surface area contributed by atoms with Crippen LogP contribution < -0.4 is 4.74 Å². The topological polar surface area (TPSA) is 73.6 Å².